The van der Waals surface area contributed by atoms with Crippen LogP contribution in [0.2, 0.25) is 0 Å². The first-order valence-corrected chi connectivity index (χ1v) is 22.5. The molecule has 0 bridgehead atoms. The van der Waals surface area contributed by atoms with Crippen LogP contribution >= 0.6 is 0 Å². The van der Waals surface area contributed by atoms with Crippen molar-refractivity contribution in [2.45, 2.75) is 0 Å². The number of aromatic nitrogens is 5. The van der Waals surface area contributed by atoms with Gasteiger partial charge in [-0.15, -0.1) is 0 Å². The minimum Gasteiger partial charge on any atom is -0.309 e. The van der Waals surface area contributed by atoms with Crippen molar-refractivity contribution in [3.8, 4) is 63.1 Å². The zero-order chi connectivity index (χ0) is 46.2. The molecule has 0 amide bonds. The molecule has 13 rings (SSSR count). The fraction of sp³-hybridized carbons (Fsp3) is 0. The molecule has 0 radical (unpaired) electrons. The lowest BCUT2D eigenvalue weighted by atomic mass is 10.0. The minimum atomic E-state index is 0.485. The van der Waals surface area contributed by atoms with Crippen molar-refractivity contribution >= 4 is 71.1 Å². The van der Waals surface area contributed by atoms with E-state index in [1.807, 2.05) is 127 Å². The number of benzene rings is 9. The van der Waals surface area contributed by atoms with E-state index in [1.165, 1.54) is 0 Å². The molecule has 4 aromatic heterocycles. The second kappa shape index (κ2) is 15.5. The van der Waals surface area contributed by atoms with E-state index in [4.69, 9.17) is 16.5 Å². The summed E-state index contributed by atoms with van der Waals surface area (Å²) in [5.74, 6) is 0.581. The van der Waals surface area contributed by atoms with Crippen molar-refractivity contribution < 1.29 is 0 Å². The Bertz CT molecular complexity index is 4150. The van der Waals surface area contributed by atoms with Gasteiger partial charge in [-0.25, -0.2) is 14.8 Å². The quantitative estimate of drug-likeness (QED) is 0.156. The molecule has 8 nitrogen and oxygen atoms in total. The highest BCUT2D eigenvalue weighted by molar-refractivity contribution is 6.14. The van der Waals surface area contributed by atoms with E-state index in [9.17, 15) is 10.5 Å². The third kappa shape index (κ3) is 6.20. The van der Waals surface area contributed by atoms with E-state index in [0.29, 0.717) is 33.9 Å². The Morgan fingerprint density at radius 1 is 0.391 bits per heavy atom. The Morgan fingerprint density at radius 3 is 1.46 bits per heavy atom. The summed E-state index contributed by atoms with van der Waals surface area (Å²) >= 11 is 0. The summed E-state index contributed by atoms with van der Waals surface area (Å²) < 4.78 is 6.80. The van der Waals surface area contributed by atoms with Gasteiger partial charge in [0.2, 0.25) is 0 Å². The smallest absolute Gasteiger partial charge is 0.188 e. The number of hydrogen-bond donors (Lipinski definition) is 0. The van der Waals surface area contributed by atoms with Gasteiger partial charge in [0.05, 0.1) is 74.3 Å². The van der Waals surface area contributed by atoms with E-state index in [1.54, 1.807) is 0 Å². The van der Waals surface area contributed by atoms with Gasteiger partial charge < -0.3 is 13.7 Å². The Kier molecular flexibility index (Phi) is 8.85. The first-order chi connectivity index (χ1) is 34.1. The van der Waals surface area contributed by atoms with E-state index >= 15 is 0 Å². The lowest BCUT2D eigenvalue weighted by Crippen LogP contribution is -1.99. The molecule has 0 N–H and O–H groups in total. The predicted octanol–water partition coefficient (Wildman–Crippen LogP) is 15.1. The molecule has 0 aliphatic rings. The van der Waals surface area contributed by atoms with Gasteiger partial charge in [-0.05, 0) is 109 Å². The summed E-state index contributed by atoms with van der Waals surface area (Å²) in [5, 5.41) is 27.1. The second-order valence-electron chi connectivity index (χ2n) is 17.1. The largest absolute Gasteiger partial charge is 0.309 e. The van der Waals surface area contributed by atoms with Crippen LogP contribution in [-0.2, 0) is 0 Å². The van der Waals surface area contributed by atoms with E-state index in [2.05, 4.69) is 110 Å². The van der Waals surface area contributed by atoms with Crippen LogP contribution in [0.5, 0.6) is 0 Å². The van der Waals surface area contributed by atoms with E-state index in [0.717, 1.165) is 99.3 Å². The van der Waals surface area contributed by atoms with Gasteiger partial charge in [0.15, 0.2) is 11.5 Å². The Morgan fingerprint density at radius 2 is 0.870 bits per heavy atom. The summed E-state index contributed by atoms with van der Waals surface area (Å²) in [5.41, 5.74) is 14.5. The molecule has 0 aliphatic carbocycles. The molecule has 0 unspecified atom stereocenters. The van der Waals surface area contributed by atoms with E-state index in [-0.39, 0.29) is 0 Å². The van der Waals surface area contributed by atoms with Gasteiger partial charge in [0.25, 0.3) is 0 Å². The van der Waals surface area contributed by atoms with Gasteiger partial charge >= 0.3 is 0 Å². The maximum absolute atomic E-state index is 11.0. The van der Waals surface area contributed by atoms with E-state index < -0.39 is 0 Å². The predicted molar refractivity (Wildman–Crippen MR) is 277 cm³/mol. The highest BCUT2D eigenvalue weighted by atomic mass is 15.0. The van der Waals surface area contributed by atoms with Crippen LogP contribution in [0.1, 0.15) is 11.1 Å². The number of para-hydroxylation sites is 2. The summed E-state index contributed by atoms with van der Waals surface area (Å²) in [4.78, 5) is 13.8. The number of rotatable bonds is 6. The topological polar surface area (TPSA) is 92.5 Å². The molecule has 0 aliphatic heterocycles. The number of nitriles is 2. The van der Waals surface area contributed by atoms with Crippen molar-refractivity contribution in [2.24, 2.45) is 0 Å². The number of nitrogens with zero attached hydrogens (tertiary/aromatic N) is 8. The standard InChI is InChI=1S/C61H34N8/c1-64-42-21-27-58-50(32-42)48-17-9-11-19-56(48)69(58)45-24-29-60-52(34-45)51-33-44(68-55-18-10-8-16-47(55)49-30-38(36-62)20-26-57(49)68)23-28-59(51)67(60)43-22-25-46(41(31-43)37-63)54-35-53(39-12-4-2-5-13-39)65-61(66-54)40-14-6-3-7-15-40/h2-35H. The van der Waals surface area contributed by atoms with Crippen molar-refractivity contribution in [2.75, 3.05) is 0 Å². The highest BCUT2D eigenvalue weighted by Gasteiger charge is 2.21. The van der Waals surface area contributed by atoms with Crippen LogP contribution < -0.4 is 0 Å². The first kappa shape index (κ1) is 39.3. The average molecular weight is 879 g/mol. The molecular formula is C61H34N8. The Balaban J connectivity index is 1.05. The van der Waals surface area contributed by atoms with Gasteiger partial charge in [0, 0.05) is 60.7 Å². The molecular weight excluding hydrogens is 845 g/mol. The molecule has 0 spiro atoms. The molecule has 4 heterocycles. The Labute approximate surface area is 395 Å². The summed E-state index contributed by atoms with van der Waals surface area (Å²) in [6, 6.07) is 74.5. The average Bonchev–Trinajstić information content (AvgIpc) is 4.05. The molecule has 0 saturated heterocycles. The lowest BCUT2D eigenvalue weighted by molar-refractivity contribution is 1.15. The van der Waals surface area contributed by atoms with Crippen LogP contribution in [0.3, 0.4) is 0 Å². The van der Waals surface area contributed by atoms with Crippen molar-refractivity contribution in [3.05, 3.63) is 229 Å². The normalized spacial score (nSPS) is 11.4. The maximum Gasteiger partial charge on any atom is 0.188 e. The summed E-state index contributed by atoms with van der Waals surface area (Å²) in [6.45, 7) is 7.76. The Hall–Kier alpha value is -10.1. The molecule has 0 atom stereocenters. The number of hydrogen-bond acceptors (Lipinski definition) is 4. The third-order valence-electron chi connectivity index (χ3n) is 13.3. The summed E-state index contributed by atoms with van der Waals surface area (Å²) in [6.07, 6.45) is 0. The molecule has 8 heteroatoms. The lowest BCUT2D eigenvalue weighted by Gasteiger charge is -2.13. The monoisotopic (exact) mass is 878 g/mol. The molecule has 69 heavy (non-hydrogen) atoms. The molecule has 9 aromatic carbocycles. The third-order valence-corrected chi connectivity index (χ3v) is 13.3. The molecule has 13 aromatic rings. The number of fused-ring (bicyclic) bond motifs is 9. The highest BCUT2D eigenvalue weighted by Crippen LogP contribution is 2.41. The SMILES string of the molecule is [C-]#[N+]c1ccc2c(c1)c1ccccc1n2-c1ccc2c(c1)c1cc(-n3c4ccccc4c4cc(C#N)ccc43)ccc1n2-c1ccc(-c2cc(-c3ccccc3)nc(-c3ccccc3)n2)c(C#N)c1. The maximum atomic E-state index is 11.0. The zero-order valence-electron chi connectivity index (χ0n) is 36.7. The fourth-order valence-corrected chi connectivity index (χ4v) is 10.2. The minimum absolute atomic E-state index is 0.485. The second-order valence-corrected chi connectivity index (χ2v) is 17.1. The van der Waals surface area contributed by atoms with Crippen LogP contribution in [-0.4, -0.2) is 23.7 Å². The van der Waals surface area contributed by atoms with Gasteiger partial charge in [0.1, 0.15) is 0 Å². The van der Waals surface area contributed by atoms with Crippen LogP contribution in [0.4, 0.5) is 5.69 Å². The van der Waals surface area contributed by atoms with Crippen molar-refractivity contribution in [3.63, 3.8) is 0 Å². The van der Waals surface area contributed by atoms with Gasteiger partial charge in [-0.3, -0.25) is 0 Å². The van der Waals surface area contributed by atoms with Crippen molar-refractivity contribution in [1.82, 2.24) is 23.7 Å². The van der Waals surface area contributed by atoms with Gasteiger partial charge in [-0.2, -0.15) is 10.5 Å². The van der Waals surface area contributed by atoms with Crippen LogP contribution in [0.15, 0.2) is 206 Å². The van der Waals surface area contributed by atoms with Gasteiger partial charge in [-0.1, -0.05) is 103 Å². The zero-order valence-corrected chi connectivity index (χ0v) is 36.7. The first-order valence-electron chi connectivity index (χ1n) is 22.5. The fourth-order valence-electron chi connectivity index (χ4n) is 10.2. The molecule has 0 fully saturated rings. The van der Waals surface area contributed by atoms with Crippen LogP contribution in [0, 0.1) is 29.2 Å². The van der Waals surface area contributed by atoms with Crippen molar-refractivity contribution in [1.29, 1.82) is 10.5 Å². The molecule has 318 valence electrons. The molecule has 0 saturated carbocycles. The van der Waals surface area contributed by atoms with Crippen LogP contribution in [0.25, 0.3) is 121 Å². The summed E-state index contributed by atoms with van der Waals surface area (Å²) in [7, 11) is 0.